The highest BCUT2D eigenvalue weighted by Crippen LogP contribution is 2.39. The average Bonchev–Trinajstić information content (AvgIpc) is 3.32. The number of aromatic nitrogens is 3. The second kappa shape index (κ2) is 10.2. The Hall–Kier alpha value is -3.32. The first kappa shape index (κ1) is 24.0. The van der Waals surface area contributed by atoms with Gasteiger partial charge in [0, 0.05) is 23.4 Å². The van der Waals surface area contributed by atoms with Crippen molar-refractivity contribution < 1.29 is 4.74 Å². The van der Waals surface area contributed by atoms with Gasteiger partial charge in [0.15, 0.2) is 5.82 Å². The molecule has 0 unspecified atom stereocenters. The number of anilines is 1. The molecule has 37 heavy (non-hydrogen) atoms. The molecule has 1 N–H and O–H groups in total. The molecular formula is C29H24Cl2N4OS. The van der Waals surface area contributed by atoms with E-state index < -0.39 is 0 Å². The van der Waals surface area contributed by atoms with E-state index >= 15 is 0 Å². The monoisotopic (exact) mass is 546 g/mol. The maximum absolute atomic E-state index is 6.47. The molecular weight excluding hydrogens is 523 g/mol. The molecule has 0 saturated heterocycles. The predicted octanol–water partition coefficient (Wildman–Crippen LogP) is 7.81. The van der Waals surface area contributed by atoms with Gasteiger partial charge in [-0.15, -0.1) is 5.10 Å². The molecule has 186 valence electrons. The Morgan fingerprint density at radius 3 is 2.46 bits per heavy atom. The van der Waals surface area contributed by atoms with E-state index in [1.54, 1.807) is 0 Å². The number of thiocarbonyl (C=S) groups is 1. The van der Waals surface area contributed by atoms with Crippen LogP contribution in [0, 0.1) is 0 Å². The van der Waals surface area contributed by atoms with E-state index in [2.05, 4.69) is 9.88 Å². The van der Waals surface area contributed by atoms with Crippen molar-refractivity contribution in [2.45, 2.75) is 32.4 Å². The smallest absolute Gasteiger partial charge is 0.169 e. The summed E-state index contributed by atoms with van der Waals surface area (Å²) in [6.07, 6.45) is 3.03. The molecule has 2 aromatic heterocycles. The third kappa shape index (κ3) is 4.61. The summed E-state index contributed by atoms with van der Waals surface area (Å²) < 4.78 is 10.4. The van der Waals surface area contributed by atoms with E-state index in [0.29, 0.717) is 21.6 Å². The van der Waals surface area contributed by atoms with E-state index in [1.165, 1.54) is 5.56 Å². The van der Waals surface area contributed by atoms with Crippen molar-refractivity contribution in [3.8, 4) is 16.9 Å². The lowest BCUT2D eigenvalue weighted by Crippen LogP contribution is -2.15. The lowest BCUT2D eigenvalue weighted by molar-refractivity contribution is 0.288. The number of nitrogens with one attached hydrogen (secondary N) is 1. The van der Waals surface area contributed by atoms with Crippen molar-refractivity contribution in [2.24, 2.45) is 0 Å². The van der Waals surface area contributed by atoms with Gasteiger partial charge >= 0.3 is 0 Å². The largest absolute Gasteiger partial charge is 0.486 e. The van der Waals surface area contributed by atoms with Gasteiger partial charge in [-0.1, -0.05) is 77.9 Å². The van der Waals surface area contributed by atoms with Gasteiger partial charge in [0.2, 0.25) is 0 Å². The van der Waals surface area contributed by atoms with E-state index in [4.69, 9.17) is 45.3 Å². The number of rotatable bonds is 6. The molecule has 6 rings (SSSR count). The Morgan fingerprint density at radius 1 is 0.946 bits per heavy atom. The topological polar surface area (TPSA) is 43.5 Å². The van der Waals surface area contributed by atoms with Crippen molar-refractivity contribution in [2.75, 3.05) is 5.32 Å². The second-order valence-corrected chi connectivity index (χ2v) is 10.2. The number of benzene rings is 3. The normalized spacial score (nSPS) is 12.9. The number of hydrogen-bond acceptors (Lipinski definition) is 3. The van der Waals surface area contributed by atoms with Crippen molar-refractivity contribution >= 4 is 51.7 Å². The summed E-state index contributed by atoms with van der Waals surface area (Å²) in [4.78, 5) is 0.592. The van der Waals surface area contributed by atoms with Crippen LogP contribution in [0.3, 0.4) is 0 Å². The Balaban J connectivity index is 1.52. The van der Waals surface area contributed by atoms with Crippen LogP contribution in [0.15, 0.2) is 78.9 Å². The first-order chi connectivity index (χ1) is 18.1. The van der Waals surface area contributed by atoms with Gasteiger partial charge in [0.05, 0.1) is 10.0 Å². The molecule has 1 aliphatic rings. The van der Waals surface area contributed by atoms with Gasteiger partial charge in [-0.25, -0.2) is 4.52 Å². The van der Waals surface area contributed by atoms with Gasteiger partial charge < -0.3 is 14.6 Å². The summed E-state index contributed by atoms with van der Waals surface area (Å²) in [5.41, 5.74) is 6.03. The standard InChI is InChI=1S/C29H24Cl2N4OS/c30-23-15-14-19(17-24(23)31)26-22-13-7-8-16-34-25(18-36-21-11-5-2-6-12-21)33-35(29(22)34)27(26)28(37)32-20-9-3-1-4-10-20/h1-6,9-12,14-15,17H,7-8,13,16,18H2,(H,32,37). The molecule has 5 nitrogen and oxygen atoms in total. The zero-order chi connectivity index (χ0) is 25.4. The quantitative estimate of drug-likeness (QED) is 0.220. The molecule has 1 aliphatic heterocycles. The summed E-state index contributed by atoms with van der Waals surface area (Å²) in [6, 6.07) is 25.5. The maximum atomic E-state index is 6.47. The fourth-order valence-corrected chi connectivity index (χ4v) is 5.56. The summed E-state index contributed by atoms with van der Waals surface area (Å²) in [6.45, 7) is 1.23. The lowest BCUT2D eigenvalue weighted by Gasteiger charge is -2.12. The van der Waals surface area contributed by atoms with E-state index in [0.717, 1.165) is 65.5 Å². The minimum atomic E-state index is 0.367. The molecule has 0 saturated carbocycles. The molecule has 0 spiro atoms. The highest BCUT2D eigenvalue weighted by Gasteiger charge is 2.29. The molecule has 8 heteroatoms. The van der Waals surface area contributed by atoms with Crippen LogP contribution in [-0.4, -0.2) is 19.2 Å². The minimum absolute atomic E-state index is 0.367. The minimum Gasteiger partial charge on any atom is -0.486 e. The highest BCUT2D eigenvalue weighted by molar-refractivity contribution is 7.81. The Bertz CT molecular complexity index is 1600. The van der Waals surface area contributed by atoms with Crippen LogP contribution in [0.4, 0.5) is 5.69 Å². The maximum Gasteiger partial charge on any atom is 0.169 e. The van der Waals surface area contributed by atoms with Gasteiger partial charge in [-0.2, -0.15) is 0 Å². The van der Waals surface area contributed by atoms with Crippen LogP contribution in [0.1, 0.15) is 29.9 Å². The summed E-state index contributed by atoms with van der Waals surface area (Å²) in [5, 5.41) is 9.51. The van der Waals surface area contributed by atoms with E-state index in [1.807, 2.05) is 83.4 Å². The Kier molecular flexibility index (Phi) is 6.63. The number of halogens is 2. The van der Waals surface area contributed by atoms with Crippen LogP contribution in [-0.2, 0) is 19.6 Å². The lowest BCUT2D eigenvalue weighted by atomic mass is 9.98. The van der Waals surface area contributed by atoms with E-state index in [9.17, 15) is 0 Å². The molecule has 0 atom stereocenters. The fourth-order valence-electron chi connectivity index (χ4n) is 4.96. The zero-order valence-electron chi connectivity index (χ0n) is 20.0. The fraction of sp³-hybridized carbons (Fsp3) is 0.172. The van der Waals surface area contributed by atoms with Crippen LogP contribution in [0.2, 0.25) is 10.0 Å². The van der Waals surface area contributed by atoms with Crippen LogP contribution in [0.5, 0.6) is 5.75 Å². The number of aryl methyl sites for hydroxylation is 2. The number of para-hydroxylation sites is 2. The third-order valence-electron chi connectivity index (χ3n) is 6.63. The molecule has 3 aromatic carbocycles. The summed E-state index contributed by atoms with van der Waals surface area (Å²) in [5.74, 6) is 1.68. The van der Waals surface area contributed by atoms with Crippen molar-refractivity contribution in [3.63, 3.8) is 0 Å². The summed E-state index contributed by atoms with van der Waals surface area (Å²) >= 11 is 18.8. The van der Waals surface area contributed by atoms with Gasteiger partial charge in [-0.05, 0) is 61.2 Å². The highest BCUT2D eigenvalue weighted by atomic mass is 35.5. The molecule has 3 heterocycles. The molecule has 0 radical (unpaired) electrons. The SMILES string of the molecule is S=C(Nc1ccccc1)c1c(-c2ccc(Cl)c(Cl)c2)c2c3n(c(COc4ccccc4)nn13)CCCC2. The first-order valence-corrected chi connectivity index (χ1v) is 13.4. The predicted molar refractivity (Wildman–Crippen MR) is 154 cm³/mol. The van der Waals surface area contributed by atoms with Crippen molar-refractivity contribution in [3.05, 3.63) is 106 Å². The number of ether oxygens (including phenoxy) is 1. The van der Waals surface area contributed by atoms with Gasteiger partial charge in [0.25, 0.3) is 0 Å². The van der Waals surface area contributed by atoms with Crippen LogP contribution in [0.25, 0.3) is 16.8 Å². The van der Waals surface area contributed by atoms with Gasteiger partial charge in [0.1, 0.15) is 28.7 Å². The number of hydrogen-bond donors (Lipinski definition) is 1. The first-order valence-electron chi connectivity index (χ1n) is 12.2. The van der Waals surface area contributed by atoms with Crippen LogP contribution < -0.4 is 10.1 Å². The molecule has 0 aliphatic carbocycles. The molecule has 0 bridgehead atoms. The van der Waals surface area contributed by atoms with Crippen molar-refractivity contribution in [1.82, 2.24) is 14.2 Å². The second-order valence-electron chi connectivity index (χ2n) is 9.01. The zero-order valence-corrected chi connectivity index (χ0v) is 22.3. The Labute approximate surface area is 230 Å². The van der Waals surface area contributed by atoms with Gasteiger partial charge in [-0.3, -0.25) is 0 Å². The van der Waals surface area contributed by atoms with E-state index in [-0.39, 0.29) is 0 Å². The average molecular weight is 548 g/mol. The number of nitrogens with zero attached hydrogens (tertiary/aromatic N) is 3. The summed E-state index contributed by atoms with van der Waals surface area (Å²) in [7, 11) is 0. The molecule has 0 fully saturated rings. The molecule has 5 aromatic rings. The van der Waals surface area contributed by atoms with Crippen molar-refractivity contribution in [1.29, 1.82) is 0 Å². The molecule has 0 amide bonds. The Morgan fingerprint density at radius 2 is 1.70 bits per heavy atom. The third-order valence-corrected chi connectivity index (χ3v) is 7.66. The van der Waals surface area contributed by atoms with Crippen LogP contribution >= 0.6 is 35.4 Å².